The van der Waals surface area contributed by atoms with Crippen LogP contribution in [0.1, 0.15) is 35.6 Å². The number of carbonyl (C=O) groups excluding carboxylic acids is 1. The Labute approximate surface area is 202 Å². The summed E-state index contributed by atoms with van der Waals surface area (Å²) in [5.41, 5.74) is 0.909. The number of rotatable bonds is 11. The molecule has 10 heteroatoms. The lowest BCUT2D eigenvalue weighted by Crippen LogP contribution is -2.26. The van der Waals surface area contributed by atoms with E-state index in [0.29, 0.717) is 51.8 Å². The third kappa shape index (κ3) is 5.80. The maximum atomic E-state index is 14.0. The van der Waals surface area contributed by atoms with Gasteiger partial charge in [-0.15, -0.1) is 10.2 Å². The van der Waals surface area contributed by atoms with Crippen LogP contribution in [0.5, 0.6) is 17.2 Å². The summed E-state index contributed by atoms with van der Waals surface area (Å²) >= 11 is 1.41. The average Bonchev–Trinajstić information content (AvgIpc) is 3.21. The summed E-state index contributed by atoms with van der Waals surface area (Å²) in [7, 11) is 4.46. The second-order valence-electron chi connectivity index (χ2n) is 7.85. The Balaban J connectivity index is 1.78. The number of carbonyl (C=O) groups is 1. The molecular weight excluding hydrogens is 459 g/mol. The molecule has 1 amide bonds. The minimum atomic E-state index is -0.350. The molecule has 0 spiro atoms. The van der Waals surface area contributed by atoms with E-state index in [1.807, 2.05) is 4.57 Å². The highest BCUT2D eigenvalue weighted by molar-refractivity contribution is 7.98. The van der Waals surface area contributed by atoms with Gasteiger partial charge >= 0.3 is 0 Å². The Morgan fingerprint density at radius 1 is 1.06 bits per heavy atom. The molecule has 0 bridgehead atoms. The zero-order valence-corrected chi connectivity index (χ0v) is 20.7. The molecule has 0 unspecified atom stereocenters. The summed E-state index contributed by atoms with van der Waals surface area (Å²) in [6, 6.07) is 9.93. The molecule has 3 rings (SSSR count). The van der Waals surface area contributed by atoms with Gasteiger partial charge < -0.3 is 24.1 Å². The first-order valence-corrected chi connectivity index (χ1v) is 11.7. The van der Waals surface area contributed by atoms with Crippen molar-refractivity contribution in [2.75, 3.05) is 21.3 Å². The minimum Gasteiger partial charge on any atom is -0.493 e. The molecule has 1 N–H and O–H groups in total. The van der Waals surface area contributed by atoms with Crippen LogP contribution in [0, 0.1) is 11.7 Å². The second-order valence-corrected chi connectivity index (χ2v) is 8.79. The van der Waals surface area contributed by atoms with Gasteiger partial charge in [-0.2, -0.15) is 0 Å². The van der Waals surface area contributed by atoms with Crippen molar-refractivity contribution < 1.29 is 23.4 Å². The molecule has 2 aromatic carbocycles. The number of nitrogens with zero attached hydrogens (tertiary/aromatic N) is 3. The molecule has 0 saturated carbocycles. The topological polar surface area (TPSA) is 87.5 Å². The maximum Gasteiger partial charge on any atom is 0.255 e. The van der Waals surface area contributed by atoms with E-state index in [9.17, 15) is 9.18 Å². The van der Waals surface area contributed by atoms with Gasteiger partial charge in [0, 0.05) is 12.3 Å². The maximum absolute atomic E-state index is 14.0. The molecule has 8 nitrogen and oxygen atoms in total. The number of halogens is 1. The Bertz CT molecular complexity index is 1140. The molecule has 0 fully saturated rings. The van der Waals surface area contributed by atoms with Gasteiger partial charge in [0.05, 0.1) is 33.4 Å². The van der Waals surface area contributed by atoms with Crippen LogP contribution in [0.25, 0.3) is 0 Å². The van der Waals surface area contributed by atoms with E-state index in [2.05, 4.69) is 29.4 Å². The summed E-state index contributed by atoms with van der Waals surface area (Å²) in [5.74, 6) is 1.85. The summed E-state index contributed by atoms with van der Waals surface area (Å²) in [4.78, 5) is 13.0. The zero-order chi connectivity index (χ0) is 24.7. The number of nitrogens with one attached hydrogen (secondary N) is 1. The molecule has 0 aliphatic carbocycles. The van der Waals surface area contributed by atoms with Gasteiger partial charge in [-0.1, -0.05) is 43.8 Å². The van der Waals surface area contributed by atoms with E-state index in [0.717, 1.165) is 0 Å². The van der Waals surface area contributed by atoms with Crippen molar-refractivity contribution in [3.05, 3.63) is 59.2 Å². The van der Waals surface area contributed by atoms with E-state index in [-0.39, 0.29) is 24.0 Å². The number of aromatic nitrogens is 3. The van der Waals surface area contributed by atoms with E-state index in [1.165, 1.54) is 39.2 Å². The van der Waals surface area contributed by atoms with Crippen molar-refractivity contribution in [3.63, 3.8) is 0 Å². The SMILES string of the molecule is COc1ccc(C(=O)NCc2nnc(SCc3ccccc3F)n2CC(C)C)c(OC)c1OC. The van der Waals surface area contributed by atoms with Crippen LogP contribution in [0.15, 0.2) is 41.6 Å². The number of amides is 1. The number of thioether (sulfide) groups is 1. The molecule has 182 valence electrons. The fraction of sp³-hybridized carbons (Fsp3) is 0.375. The quantitative estimate of drug-likeness (QED) is 0.402. The standard InChI is InChI=1S/C24H29FN4O4S/c1-15(2)13-29-20(27-28-24(29)34-14-16-8-6-7-9-18(16)25)12-26-23(30)17-10-11-19(31-3)22(33-5)21(17)32-4/h6-11,15H,12-14H2,1-5H3,(H,26,30). The summed E-state index contributed by atoms with van der Waals surface area (Å²) in [5, 5.41) is 12.1. The molecule has 0 aliphatic heterocycles. The number of hydrogen-bond donors (Lipinski definition) is 1. The first-order chi connectivity index (χ1) is 16.4. The lowest BCUT2D eigenvalue weighted by molar-refractivity contribution is 0.0945. The summed E-state index contributed by atoms with van der Waals surface area (Å²) < 4.78 is 32.0. The number of benzene rings is 2. The van der Waals surface area contributed by atoms with Gasteiger partial charge in [-0.05, 0) is 29.7 Å². The van der Waals surface area contributed by atoms with E-state index < -0.39 is 0 Å². The fourth-order valence-corrected chi connectivity index (χ4v) is 4.35. The van der Waals surface area contributed by atoms with Gasteiger partial charge in [0.15, 0.2) is 22.5 Å². The highest BCUT2D eigenvalue weighted by Gasteiger charge is 2.22. The molecule has 1 heterocycles. The number of ether oxygens (including phenoxy) is 3. The van der Waals surface area contributed by atoms with Crippen molar-refractivity contribution >= 4 is 17.7 Å². The normalized spacial score (nSPS) is 10.9. The Morgan fingerprint density at radius 2 is 1.79 bits per heavy atom. The van der Waals surface area contributed by atoms with Crippen LogP contribution in [-0.2, 0) is 18.8 Å². The Kier molecular flexibility index (Phi) is 8.75. The van der Waals surface area contributed by atoms with Gasteiger partial charge in [0.2, 0.25) is 5.75 Å². The highest BCUT2D eigenvalue weighted by Crippen LogP contribution is 2.39. The first-order valence-electron chi connectivity index (χ1n) is 10.7. The number of hydrogen-bond acceptors (Lipinski definition) is 7. The molecule has 0 aliphatic rings. The smallest absolute Gasteiger partial charge is 0.255 e. The predicted molar refractivity (Wildman–Crippen MR) is 128 cm³/mol. The Hall–Kier alpha value is -3.27. The van der Waals surface area contributed by atoms with E-state index in [1.54, 1.807) is 30.3 Å². The van der Waals surface area contributed by atoms with Crippen molar-refractivity contribution in [2.24, 2.45) is 5.92 Å². The third-order valence-corrected chi connectivity index (χ3v) is 6.03. The van der Waals surface area contributed by atoms with Crippen LogP contribution in [0.2, 0.25) is 0 Å². The van der Waals surface area contributed by atoms with Crippen LogP contribution in [-0.4, -0.2) is 42.0 Å². The highest BCUT2D eigenvalue weighted by atomic mass is 32.2. The van der Waals surface area contributed by atoms with Gasteiger partial charge in [-0.25, -0.2) is 4.39 Å². The van der Waals surface area contributed by atoms with Crippen LogP contribution in [0.3, 0.4) is 0 Å². The molecule has 3 aromatic rings. The molecule has 0 atom stereocenters. The van der Waals surface area contributed by atoms with Crippen molar-refractivity contribution in [2.45, 2.75) is 37.8 Å². The van der Waals surface area contributed by atoms with E-state index >= 15 is 0 Å². The molecule has 0 radical (unpaired) electrons. The summed E-state index contributed by atoms with van der Waals surface area (Å²) in [6.07, 6.45) is 0. The average molecular weight is 489 g/mol. The van der Waals surface area contributed by atoms with Crippen molar-refractivity contribution in [1.82, 2.24) is 20.1 Å². The van der Waals surface area contributed by atoms with Gasteiger partial charge in [-0.3, -0.25) is 4.79 Å². The molecule has 34 heavy (non-hydrogen) atoms. The molecule has 1 aromatic heterocycles. The van der Waals surface area contributed by atoms with Crippen LogP contribution >= 0.6 is 11.8 Å². The Morgan fingerprint density at radius 3 is 2.44 bits per heavy atom. The number of methoxy groups -OCH3 is 3. The van der Waals surface area contributed by atoms with Gasteiger partial charge in [0.25, 0.3) is 5.91 Å². The first kappa shape index (κ1) is 25.4. The van der Waals surface area contributed by atoms with Gasteiger partial charge in [0.1, 0.15) is 5.82 Å². The minimum absolute atomic E-state index is 0.163. The molecular formula is C24H29FN4O4S. The van der Waals surface area contributed by atoms with Crippen LogP contribution in [0.4, 0.5) is 4.39 Å². The summed E-state index contributed by atoms with van der Waals surface area (Å²) in [6.45, 7) is 5.00. The monoisotopic (exact) mass is 488 g/mol. The zero-order valence-electron chi connectivity index (χ0n) is 19.9. The lowest BCUT2D eigenvalue weighted by atomic mass is 10.1. The fourth-order valence-electron chi connectivity index (χ4n) is 3.40. The third-order valence-electron chi connectivity index (χ3n) is 5.01. The van der Waals surface area contributed by atoms with E-state index in [4.69, 9.17) is 14.2 Å². The second kappa shape index (κ2) is 11.7. The van der Waals surface area contributed by atoms with Crippen molar-refractivity contribution in [3.8, 4) is 17.2 Å². The predicted octanol–water partition coefficient (Wildman–Crippen LogP) is 4.32. The van der Waals surface area contributed by atoms with Crippen LogP contribution < -0.4 is 19.5 Å². The largest absolute Gasteiger partial charge is 0.493 e. The molecule has 0 saturated heterocycles. The van der Waals surface area contributed by atoms with Crippen molar-refractivity contribution in [1.29, 1.82) is 0 Å². The lowest BCUT2D eigenvalue weighted by Gasteiger charge is -2.16.